The smallest absolute Gasteiger partial charge is 0.328 e. The lowest BCUT2D eigenvalue weighted by Gasteiger charge is -2.18. The molecule has 78 valence electrons. The first-order valence-corrected chi connectivity index (χ1v) is 4.52. The van der Waals surface area contributed by atoms with Crippen LogP contribution in [0.25, 0.3) is 0 Å². The quantitative estimate of drug-likeness (QED) is 0.763. The van der Waals surface area contributed by atoms with Gasteiger partial charge in [-0.1, -0.05) is 20.3 Å². The van der Waals surface area contributed by atoms with Crippen molar-refractivity contribution in [2.45, 2.75) is 26.3 Å². The molecule has 0 aliphatic rings. The number of carbonyl (C=O) groups is 1. The third-order valence-corrected chi connectivity index (χ3v) is 2.31. The second-order valence-corrected chi connectivity index (χ2v) is 3.35. The van der Waals surface area contributed by atoms with Crippen LogP contribution in [0.4, 0.5) is 0 Å². The van der Waals surface area contributed by atoms with Crippen LogP contribution in [0.3, 0.4) is 0 Å². The SMILES string of the molecule is CC[C@H](C)[C@@H](C(=O)O)n1cc(O)cn1. The van der Waals surface area contributed by atoms with E-state index in [0.29, 0.717) is 0 Å². The number of aliphatic carboxylic acids is 1. The van der Waals surface area contributed by atoms with Gasteiger partial charge < -0.3 is 10.2 Å². The first-order valence-electron chi connectivity index (χ1n) is 4.52. The van der Waals surface area contributed by atoms with Crippen molar-refractivity contribution in [3.63, 3.8) is 0 Å². The van der Waals surface area contributed by atoms with Gasteiger partial charge in [0.05, 0.1) is 12.4 Å². The Kier molecular flexibility index (Phi) is 3.11. The third-order valence-electron chi connectivity index (χ3n) is 2.31. The zero-order valence-electron chi connectivity index (χ0n) is 8.21. The molecule has 5 nitrogen and oxygen atoms in total. The van der Waals surface area contributed by atoms with Gasteiger partial charge >= 0.3 is 5.97 Å². The van der Waals surface area contributed by atoms with Crippen LogP contribution in [0.15, 0.2) is 12.4 Å². The zero-order valence-corrected chi connectivity index (χ0v) is 8.21. The molecule has 0 amide bonds. The maximum absolute atomic E-state index is 11.0. The largest absolute Gasteiger partial charge is 0.505 e. The molecule has 0 fully saturated rings. The summed E-state index contributed by atoms with van der Waals surface area (Å²) in [6.45, 7) is 3.77. The lowest BCUT2D eigenvalue weighted by molar-refractivity contribution is -0.142. The van der Waals surface area contributed by atoms with Gasteiger partial charge in [-0.2, -0.15) is 5.10 Å². The second-order valence-electron chi connectivity index (χ2n) is 3.35. The molecule has 14 heavy (non-hydrogen) atoms. The number of nitrogens with zero attached hydrogens (tertiary/aromatic N) is 2. The van der Waals surface area contributed by atoms with E-state index in [1.807, 2.05) is 13.8 Å². The third kappa shape index (κ3) is 2.04. The fourth-order valence-electron chi connectivity index (χ4n) is 1.32. The van der Waals surface area contributed by atoms with Gasteiger partial charge in [0.2, 0.25) is 0 Å². The summed E-state index contributed by atoms with van der Waals surface area (Å²) in [5.41, 5.74) is 0. The molecule has 1 aromatic rings. The van der Waals surface area contributed by atoms with Crippen molar-refractivity contribution < 1.29 is 15.0 Å². The Morgan fingerprint density at radius 1 is 1.71 bits per heavy atom. The van der Waals surface area contributed by atoms with Gasteiger partial charge in [0.1, 0.15) is 0 Å². The molecule has 0 bridgehead atoms. The van der Waals surface area contributed by atoms with Crippen LogP contribution >= 0.6 is 0 Å². The van der Waals surface area contributed by atoms with Crippen molar-refractivity contribution in [2.24, 2.45) is 5.92 Å². The van der Waals surface area contributed by atoms with Crippen molar-refractivity contribution in [3.05, 3.63) is 12.4 Å². The molecule has 0 saturated heterocycles. The number of aromatic hydroxyl groups is 1. The molecule has 5 heteroatoms. The molecular weight excluding hydrogens is 184 g/mol. The molecule has 0 aliphatic heterocycles. The summed E-state index contributed by atoms with van der Waals surface area (Å²) in [5.74, 6) is -0.964. The van der Waals surface area contributed by atoms with Crippen LogP contribution in [0, 0.1) is 5.92 Å². The maximum atomic E-state index is 11.0. The lowest BCUT2D eigenvalue weighted by atomic mass is 10.00. The Morgan fingerprint density at radius 3 is 2.71 bits per heavy atom. The predicted molar refractivity (Wildman–Crippen MR) is 50.0 cm³/mol. The van der Waals surface area contributed by atoms with Crippen LogP contribution in [-0.4, -0.2) is 26.0 Å². The van der Waals surface area contributed by atoms with E-state index in [9.17, 15) is 4.79 Å². The molecule has 0 saturated carbocycles. The standard InChI is InChI=1S/C9H14N2O3/c1-3-6(2)8(9(13)14)11-5-7(12)4-10-11/h4-6,8,12H,3H2,1-2H3,(H,13,14)/t6-,8-/m0/s1. The van der Waals surface area contributed by atoms with Gasteiger partial charge in [-0.3, -0.25) is 4.68 Å². The average molecular weight is 198 g/mol. The first-order chi connectivity index (χ1) is 6.56. The Labute approximate surface area is 82.0 Å². The molecule has 0 radical (unpaired) electrons. The molecule has 0 spiro atoms. The summed E-state index contributed by atoms with van der Waals surface area (Å²) in [4.78, 5) is 11.0. The fraction of sp³-hybridized carbons (Fsp3) is 0.556. The summed E-state index contributed by atoms with van der Waals surface area (Å²) in [5, 5.41) is 21.8. The van der Waals surface area contributed by atoms with Crippen molar-refractivity contribution in [3.8, 4) is 5.75 Å². The highest BCUT2D eigenvalue weighted by atomic mass is 16.4. The number of rotatable bonds is 4. The Morgan fingerprint density at radius 2 is 2.36 bits per heavy atom. The fourth-order valence-corrected chi connectivity index (χ4v) is 1.32. The maximum Gasteiger partial charge on any atom is 0.328 e. The number of carboxylic acid groups (broad SMARTS) is 1. The Bertz CT molecular complexity index is 322. The van der Waals surface area contributed by atoms with Gasteiger partial charge in [0, 0.05) is 0 Å². The molecule has 1 rings (SSSR count). The predicted octanol–water partition coefficient (Wildman–Crippen LogP) is 1.26. The zero-order chi connectivity index (χ0) is 10.7. The summed E-state index contributed by atoms with van der Waals surface area (Å²) < 4.78 is 1.28. The minimum absolute atomic E-state index is 0.0143. The molecule has 0 aliphatic carbocycles. The first kappa shape index (κ1) is 10.6. The van der Waals surface area contributed by atoms with Crippen LogP contribution in [0.2, 0.25) is 0 Å². The van der Waals surface area contributed by atoms with E-state index in [1.54, 1.807) is 0 Å². The average Bonchev–Trinajstić information content (AvgIpc) is 2.51. The number of carboxylic acids is 1. The molecular formula is C9H14N2O3. The number of hydrogen-bond donors (Lipinski definition) is 2. The molecule has 2 atom stereocenters. The van der Waals surface area contributed by atoms with Gasteiger partial charge in [-0.15, -0.1) is 0 Å². The summed E-state index contributed by atoms with van der Waals surface area (Å²) in [7, 11) is 0. The van der Waals surface area contributed by atoms with Gasteiger partial charge in [-0.05, 0) is 5.92 Å². The topological polar surface area (TPSA) is 75.3 Å². The van der Waals surface area contributed by atoms with E-state index in [0.717, 1.165) is 6.42 Å². The van der Waals surface area contributed by atoms with Crippen molar-refractivity contribution >= 4 is 5.97 Å². The molecule has 1 heterocycles. The summed E-state index contributed by atoms with van der Waals surface area (Å²) in [6.07, 6.45) is 3.31. The highest BCUT2D eigenvalue weighted by Gasteiger charge is 2.26. The number of aromatic nitrogens is 2. The molecule has 2 N–H and O–H groups in total. The number of hydrogen-bond acceptors (Lipinski definition) is 3. The molecule has 0 aromatic carbocycles. The van der Waals surface area contributed by atoms with Crippen LogP contribution in [0.1, 0.15) is 26.3 Å². The van der Waals surface area contributed by atoms with E-state index >= 15 is 0 Å². The normalized spacial score (nSPS) is 15.0. The van der Waals surface area contributed by atoms with Gasteiger partial charge in [0.25, 0.3) is 0 Å². The minimum Gasteiger partial charge on any atom is -0.505 e. The van der Waals surface area contributed by atoms with Gasteiger partial charge in [-0.25, -0.2) is 4.79 Å². The summed E-state index contributed by atoms with van der Waals surface area (Å²) in [6, 6.07) is -0.708. The van der Waals surface area contributed by atoms with Crippen LogP contribution in [-0.2, 0) is 4.79 Å². The highest BCUT2D eigenvalue weighted by Crippen LogP contribution is 2.22. The Hall–Kier alpha value is -1.52. The highest BCUT2D eigenvalue weighted by molar-refractivity contribution is 5.72. The molecule has 1 aromatic heterocycles. The van der Waals surface area contributed by atoms with Gasteiger partial charge in [0.15, 0.2) is 11.8 Å². The molecule has 0 unspecified atom stereocenters. The minimum atomic E-state index is -0.928. The van der Waals surface area contributed by atoms with E-state index in [-0.39, 0.29) is 11.7 Å². The van der Waals surface area contributed by atoms with E-state index in [1.165, 1.54) is 17.1 Å². The van der Waals surface area contributed by atoms with E-state index < -0.39 is 12.0 Å². The van der Waals surface area contributed by atoms with Crippen LogP contribution < -0.4 is 0 Å². The second kappa shape index (κ2) is 4.13. The lowest BCUT2D eigenvalue weighted by Crippen LogP contribution is -2.25. The van der Waals surface area contributed by atoms with Crippen molar-refractivity contribution in [2.75, 3.05) is 0 Å². The van der Waals surface area contributed by atoms with E-state index in [2.05, 4.69) is 5.10 Å². The summed E-state index contributed by atoms with van der Waals surface area (Å²) >= 11 is 0. The van der Waals surface area contributed by atoms with Crippen molar-refractivity contribution in [1.29, 1.82) is 0 Å². The van der Waals surface area contributed by atoms with Crippen molar-refractivity contribution in [1.82, 2.24) is 9.78 Å². The Balaban J connectivity index is 2.94. The monoisotopic (exact) mass is 198 g/mol. The van der Waals surface area contributed by atoms with E-state index in [4.69, 9.17) is 10.2 Å². The van der Waals surface area contributed by atoms with Crippen LogP contribution in [0.5, 0.6) is 5.75 Å².